The van der Waals surface area contributed by atoms with Gasteiger partial charge in [-0.3, -0.25) is 0 Å². The Hall–Kier alpha value is -0.440. The highest BCUT2D eigenvalue weighted by molar-refractivity contribution is 7.98. The fraction of sp³-hybridized carbons (Fsp3) is 0.625. The smallest absolute Gasteiger partial charge is 0.334 e. The van der Waals surface area contributed by atoms with Gasteiger partial charge in [0.1, 0.15) is 5.94 Å². The van der Waals surface area contributed by atoms with Gasteiger partial charge in [0, 0.05) is 5.57 Å². The third kappa shape index (κ3) is 4.90. The van der Waals surface area contributed by atoms with Crippen LogP contribution in [0.25, 0.3) is 0 Å². The molecule has 0 N–H and O–H groups in total. The first-order valence-electron chi connectivity index (χ1n) is 3.55. The number of esters is 1. The molecule has 0 radical (unpaired) electrons. The fourth-order valence-corrected chi connectivity index (χ4v) is 0.841. The minimum absolute atomic E-state index is 0.207. The Morgan fingerprint density at radius 3 is 2.73 bits per heavy atom. The Morgan fingerprint density at radius 2 is 2.27 bits per heavy atom. The van der Waals surface area contributed by atoms with E-state index in [0.717, 1.165) is 6.42 Å². The molecule has 0 atom stereocenters. The van der Waals surface area contributed by atoms with Gasteiger partial charge < -0.3 is 4.74 Å². The average Bonchev–Trinajstić information content (AvgIpc) is 2.00. The summed E-state index contributed by atoms with van der Waals surface area (Å²) in [5.41, 5.74) is 0.696. The first-order chi connectivity index (χ1) is 5.22. The van der Waals surface area contributed by atoms with Crippen LogP contribution in [-0.4, -0.2) is 18.2 Å². The van der Waals surface area contributed by atoms with E-state index >= 15 is 0 Å². The lowest BCUT2D eigenvalue weighted by atomic mass is 10.2. The van der Waals surface area contributed by atoms with E-state index < -0.39 is 0 Å². The minimum Gasteiger partial charge on any atom is -0.451 e. The van der Waals surface area contributed by atoms with Crippen LogP contribution in [0.2, 0.25) is 0 Å². The summed E-state index contributed by atoms with van der Waals surface area (Å²) in [5, 5.41) is 0. The van der Waals surface area contributed by atoms with Crippen molar-refractivity contribution < 1.29 is 9.53 Å². The second-order valence-corrected chi connectivity index (χ2v) is 2.95. The van der Waals surface area contributed by atoms with Gasteiger partial charge >= 0.3 is 5.97 Å². The van der Waals surface area contributed by atoms with E-state index in [4.69, 9.17) is 4.74 Å². The summed E-state index contributed by atoms with van der Waals surface area (Å²) >= 11 is 1.50. The highest BCUT2D eigenvalue weighted by atomic mass is 32.2. The molecule has 0 spiro atoms. The summed E-state index contributed by atoms with van der Waals surface area (Å²) < 4.78 is 4.86. The molecule has 0 unspecified atom stereocenters. The number of ether oxygens (including phenoxy) is 1. The molecule has 64 valence electrons. The van der Waals surface area contributed by atoms with Crippen molar-refractivity contribution in [2.24, 2.45) is 0 Å². The predicted molar refractivity (Wildman–Crippen MR) is 48.5 cm³/mol. The van der Waals surface area contributed by atoms with Crippen molar-refractivity contribution in [3.8, 4) is 0 Å². The molecule has 0 amide bonds. The van der Waals surface area contributed by atoms with Crippen LogP contribution in [0.4, 0.5) is 0 Å². The second-order valence-electron chi connectivity index (χ2n) is 2.13. The molecule has 0 heterocycles. The summed E-state index contributed by atoms with van der Waals surface area (Å²) in [4.78, 5) is 11.0. The zero-order chi connectivity index (χ0) is 8.69. The van der Waals surface area contributed by atoms with Crippen LogP contribution < -0.4 is 0 Å². The van der Waals surface area contributed by atoms with Crippen LogP contribution in [0.1, 0.15) is 20.3 Å². The van der Waals surface area contributed by atoms with E-state index in [1.807, 2.05) is 19.3 Å². The molecule has 3 heteroatoms. The molecule has 0 aromatic rings. The Morgan fingerprint density at radius 1 is 1.64 bits per heavy atom. The maximum Gasteiger partial charge on any atom is 0.334 e. The topological polar surface area (TPSA) is 26.3 Å². The van der Waals surface area contributed by atoms with Gasteiger partial charge in [-0.1, -0.05) is 13.0 Å². The maximum atomic E-state index is 11.0. The van der Waals surface area contributed by atoms with Gasteiger partial charge in [-0.15, -0.1) is 11.8 Å². The number of rotatable bonds is 4. The minimum atomic E-state index is -0.207. The van der Waals surface area contributed by atoms with Gasteiger partial charge in [-0.2, -0.15) is 0 Å². The third-order valence-electron chi connectivity index (χ3n) is 1.14. The van der Waals surface area contributed by atoms with Gasteiger partial charge in [-0.25, -0.2) is 4.79 Å². The molecule has 0 aliphatic rings. The molecule has 0 bridgehead atoms. The van der Waals surface area contributed by atoms with E-state index in [9.17, 15) is 4.79 Å². The molecule has 0 aliphatic heterocycles. The van der Waals surface area contributed by atoms with Gasteiger partial charge in [-0.05, 0) is 19.6 Å². The van der Waals surface area contributed by atoms with E-state index in [1.54, 1.807) is 6.92 Å². The Labute approximate surface area is 72.0 Å². The van der Waals surface area contributed by atoms with Crippen LogP contribution in [0.15, 0.2) is 11.6 Å². The lowest BCUT2D eigenvalue weighted by Crippen LogP contribution is -2.04. The predicted octanol–water partition coefficient (Wildman–Crippen LogP) is 2.21. The van der Waals surface area contributed by atoms with Crippen molar-refractivity contribution >= 4 is 17.7 Å². The van der Waals surface area contributed by atoms with E-state index in [-0.39, 0.29) is 5.97 Å². The number of carbonyl (C=O) groups excluding carboxylic acids is 1. The van der Waals surface area contributed by atoms with Crippen LogP contribution in [0.3, 0.4) is 0 Å². The van der Waals surface area contributed by atoms with Crippen molar-refractivity contribution in [3.05, 3.63) is 11.6 Å². The lowest BCUT2D eigenvalue weighted by molar-refractivity contribution is -0.136. The monoisotopic (exact) mass is 174 g/mol. The normalized spacial score (nSPS) is 11.4. The first-order valence-corrected chi connectivity index (χ1v) is 4.94. The maximum absolute atomic E-state index is 11.0. The second kappa shape index (κ2) is 6.28. The quantitative estimate of drug-likeness (QED) is 0.371. The Kier molecular flexibility index (Phi) is 6.03. The zero-order valence-electron chi connectivity index (χ0n) is 7.22. The van der Waals surface area contributed by atoms with Crippen LogP contribution in [0.5, 0.6) is 0 Å². The van der Waals surface area contributed by atoms with Crippen molar-refractivity contribution in [2.45, 2.75) is 20.3 Å². The van der Waals surface area contributed by atoms with E-state index in [1.165, 1.54) is 11.8 Å². The molecule has 0 aromatic carbocycles. The summed E-state index contributed by atoms with van der Waals surface area (Å²) in [7, 11) is 0. The number of carbonyl (C=O) groups is 1. The van der Waals surface area contributed by atoms with Gasteiger partial charge in [0.15, 0.2) is 0 Å². The molecule has 0 rings (SSSR count). The summed E-state index contributed by atoms with van der Waals surface area (Å²) in [6.45, 7) is 3.76. The van der Waals surface area contributed by atoms with Gasteiger partial charge in [0.25, 0.3) is 0 Å². The average molecular weight is 174 g/mol. The van der Waals surface area contributed by atoms with Gasteiger partial charge in [0.2, 0.25) is 0 Å². The summed E-state index contributed by atoms with van der Waals surface area (Å²) in [5.74, 6) is 0.231. The fourth-order valence-electron chi connectivity index (χ4n) is 0.616. The SMILES string of the molecule is CC/C=C(\C)C(=O)OCSC. The van der Waals surface area contributed by atoms with E-state index in [0.29, 0.717) is 11.5 Å². The summed E-state index contributed by atoms with van der Waals surface area (Å²) in [6.07, 6.45) is 4.63. The van der Waals surface area contributed by atoms with Crippen molar-refractivity contribution in [2.75, 3.05) is 12.2 Å². The number of hydrogen-bond acceptors (Lipinski definition) is 3. The third-order valence-corrected chi connectivity index (χ3v) is 1.49. The van der Waals surface area contributed by atoms with Crippen LogP contribution in [0, 0.1) is 0 Å². The highest BCUT2D eigenvalue weighted by Gasteiger charge is 2.02. The molecule has 0 saturated carbocycles. The van der Waals surface area contributed by atoms with Crippen LogP contribution >= 0.6 is 11.8 Å². The Balaban J connectivity index is 3.73. The molecule has 0 fully saturated rings. The first kappa shape index (κ1) is 10.6. The molecule has 0 saturated heterocycles. The number of hydrogen-bond donors (Lipinski definition) is 0. The summed E-state index contributed by atoms with van der Waals surface area (Å²) in [6, 6.07) is 0. The highest BCUT2D eigenvalue weighted by Crippen LogP contribution is 2.01. The molecular weight excluding hydrogens is 160 g/mol. The van der Waals surface area contributed by atoms with Crippen molar-refractivity contribution in [1.29, 1.82) is 0 Å². The standard InChI is InChI=1S/C8H14O2S/c1-4-5-7(2)8(9)10-6-11-3/h5H,4,6H2,1-3H3/b7-5+. The van der Waals surface area contributed by atoms with Gasteiger partial charge in [0.05, 0.1) is 0 Å². The molecule has 11 heavy (non-hydrogen) atoms. The molecule has 0 aliphatic carbocycles. The number of allylic oxidation sites excluding steroid dienone is 1. The van der Waals surface area contributed by atoms with Crippen molar-refractivity contribution in [3.63, 3.8) is 0 Å². The Bertz CT molecular complexity index is 152. The number of thioether (sulfide) groups is 1. The zero-order valence-corrected chi connectivity index (χ0v) is 8.03. The largest absolute Gasteiger partial charge is 0.451 e. The van der Waals surface area contributed by atoms with E-state index in [2.05, 4.69) is 0 Å². The lowest BCUT2D eigenvalue weighted by Gasteiger charge is -2.01. The molecule has 2 nitrogen and oxygen atoms in total. The molecule has 0 aromatic heterocycles. The molecular formula is C8H14O2S. The van der Waals surface area contributed by atoms with Crippen molar-refractivity contribution in [1.82, 2.24) is 0 Å². The van der Waals surface area contributed by atoms with Crippen LogP contribution in [-0.2, 0) is 9.53 Å².